The lowest BCUT2D eigenvalue weighted by molar-refractivity contribution is 0.0802. The Bertz CT molecular complexity index is 185. The zero-order valence-electron chi connectivity index (χ0n) is 11.9. The standard InChI is InChI=1S/C14H30N2O/c1-4-6-14(7-9-15-10-8-14)13-16(3)11-12-17-5-2/h15H,4-13H2,1-3H3. The maximum atomic E-state index is 5.43. The summed E-state index contributed by atoms with van der Waals surface area (Å²) in [7, 11) is 2.23. The predicted octanol–water partition coefficient (Wildman–Crippen LogP) is 2.12. The second-order valence-corrected chi connectivity index (χ2v) is 5.43. The van der Waals surface area contributed by atoms with Crippen molar-refractivity contribution in [2.24, 2.45) is 5.41 Å². The molecule has 0 saturated carbocycles. The zero-order chi connectivity index (χ0) is 12.6. The first-order valence-corrected chi connectivity index (χ1v) is 7.19. The number of likely N-dealkylation sites (N-methyl/N-ethyl adjacent to an activating group) is 1. The molecule has 0 bridgehead atoms. The maximum absolute atomic E-state index is 5.43. The van der Waals surface area contributed by atoms with E-state index in [4.69, 9.17) is 4.74 Å². The minimum Gasteiger partial charge on any atom is -0.380 e. The van der Waals surface area contributed by atoms with Gasteiger partial charge in [-0.25, -0.2) is 0 Å². The van der Waals surface area contributed by atoms with Crippen LogP contribution in [0.2, 0.25) is 0 Å². The highest BCUT2D eigenvalue weighted by Crippen LogP contribution is 2.34. The van der Waals surface area contributed by atoms with E-state index in [1.165, 1.54) is 45.3 Å². The first kappa shape index (κ1) is 14.9. The van der Waals surface area contributed by atoms with Gasteiger partial charge >= 0.3 is 0 Å². The molecule has 102 valence electrons. The van der Waals surface area contributed by atoms with Gasteiger partial charge in [0.05, 0.1) is 6.61 Å². The van der Waals surface area contributed by atoms with Crippen molar-refractivity contribution < 1.29 is 4.74 Å². The summed E-state index contributed by atoms with van der Waals surface area (Å²) in [5.41, 5.74) is 0.557. The molecule has 1 heterocycles. The Balaban J connectivity index is 2.36. The lowest BCUT2D eigenvalue weighted by Crippen LogP contribution is -2.44. The summed E-state index contributed by atoms with van der Waals surface area (Å²) in [5, 5.41) is 3.48. The monoisotopic (exact) mass is 242 g/mol. The molecule has 17 heavy (non-hydrogen) atoms. The molecule has 1 saturated heterocycles. The third kappa shape index (κ3) is 5.36. The summed E-state index contributed by atoms with van der Waals surface area (Å²) in [5.74, 6) is 0. The van der Waals surface area contributed by atoms with Crippen molar-refractivity contribution in [2.45, 2.75) is 39.5 Å². The molecular weight excluding hydrogens is 212 g/mol. The molecule has 0 unspecified atom stereocenters. The highest BCUT2D eigenvalue weighted by atomic mass is 16.5. The Morgan fingerprint density at radius 3 is 2.53 bits per heavy atom. The van der Waals surface area contributed by atoms with Gasteiger partial charge in [0.1, 0.15) is 0 Å². The van der Waals surface area contributed by atoms with Crippen molar-refractivity contribution >= 4 is 0 Å². The van der Waals surface area contributed by atoms with Gasteiger partial charge in [-0.05, 0) is 51.7 Å². The number of piperidine rings is 1. The van der Waals surface area contributed by atoms with Crippen molar-refractivity contribution in [3.8, 4) is 0 Å². The van der Waals surface area contributed by atoms with Crippen molar-refractivity contribution in [3.63, 3.8) is 0 Å². The van der Waals surface area contributed by atoms with E-state index in [1.807, 2.05) is 0 Å². The van der Waals surface area contributed by atoms with Crippen LogP contribution in [0.15, 0.2) is 0 Å². The van der Waals surface area contributed by atoms with Crippen LogP contribution in [0.5, 0.6) is 0 Å². The van der Waals surface area contributed by atoms with Crippen LogP contribution >= 0.6 is 0 Å². The SMILES string of the molecule is CCCC1(CN(C)CCOCC)CCNCC1. The van der Waals surface area contributed by atoms with Crippen LogP contribution in [0.1, 0.15) is 39.5 Å². The molecule has 3 heteroatoms. The molecular formula is C14H30N2O. The average molecular weight is 242 g/mol. The van der Waals surface area contributed by atoms with Crippen molar-refractivity contribution in [2.75, 3.05) is 46.4 Å². The highest BCUT2D eigenvalue weighted by Gasteiger charge is 2.31. The average Bonchev–Trinajstić information content (AvgIpc) is 2.30. The fourth-order valence-electron chi connectivity index (χ4n) is 2.99. The Morgan fingerprint density at radius 2 is 1.94 bits per heavy atom. The largest absolute Gasteiger partial charge is 0.380 e. The van der Waals surface area contributed by atoms with Gasteiger partial charge in [0, 0.05) is 19.7 Å². The molecule has 0 aliphatic carbocycles. The van der Waals surface area contributed by atoms with Crippen LogP contribution in [0.25, 0.3) is 0 Å². The van der Waals surface area contributed by atoms with E-state index >= 15 is 0 Å². The highest BCUT2D eigenvalue weighted by molar-refractivity contribution is 4.86. The minimum atomic E-state index is 0.557. The number of nitrogens with one attached hydrogen (secondary N) is 1. The number of hydrogen-bond donors (Lipinski definition) is 1. The first-order valence-electron chi connectivity index (χ1n) is 7.19. The third-order valence-corrected chi connectivity index (χ3v) is 3.87. The topological polar surface area (TPSA) is 24.5 Å². The molecule has 0 atom stereocenters. The molecule has 1 aliphatic rings. The molecule has 1 rings (SSSR count). The molecule has 0 amide bonds. The van der Waals surface area contributed by atoms with Gasteiger partial charge in [-0.3, -0.25) is 0 Å². The van der Waals surface area contributed by atoms with Gasteiger partial charge in [-0.15, -0.1) is 0 Å². The van der Waals surface area contributed by atoms with Gasteiger partial charge in [0.15, 0.2) is 0 Å². The summed E-state index contributed by atoms with van der Waals surface area (Å²) in [6.45, 7) is 10.8. The van der Waals surface area contributed by atoms with Crippen LogP contribution in [0.4, 0.5) is 0 Å². The van der Waals surface area contributed by atoms with E-state index < -0.39 is 0 Å². The number of rotatable bonds is 8. The van der Waals surface area contributed by atoms with Gasteiger partial charge < -0.3 is 15.0 Å². The van der Waals surface area contributed by atoms with E-state index in [1.54, 1.807) is 0 Å². The number of nitrogens with zero attached hydrogens (tertiary/aromatic N) is 1. The quantitative estimate of drug-likeness (QED) is 0.660. The minimum absolute atomic E-state index is 0.557. The van der Waals surface area contributed by atoms with E-state index in [2.05, 4.69) is 31.1 Å². The fraction of sp³-hybridized carbons (Fsp3) is 1.00. The zero-order valence-corrected chi connectivity index (χ0v) is 11.9. The van der Waals surface area contributed by atoms with Crippen LogP contribution in [0.3, 0.4) is 0 Å². The fourth-order valence-corrected chi connectivity index (χ4v) is 2.99. The maximum Gasteiger partial charge on any atom is 0.0593 e. The van der Waals surface area contributed by atoms with Crippen molar-refractivity contribution in [1.82, 2.24) is 10.2 Å². The Kier molecular flexibility index (Phi) is 7.09. The van der Waals surface area contributed by atoms with E-state index in [9.17, 15) is 0 Å². The van der Waals surface area contributed by atoms with Crippen LogP contribution in [-0.2, 0) is 4.74 Å². The molecule has 0 aromatic carbocycles. The smallest absolute Gasteiger partial charge is 0.0593 e. The third-order valence-electron chi connectivity index (χ3n) is 3.87. The molecule has 0 aromatic heterocycles. The molecule has 3 nitrogen and oxygen atoms in total. The summed E-state index contributed by atoms with van der Waals surface area (Å²) in [4.78, 5) is 2.46. The van der Waals surface area contributed by atoms with Crippen LogP contribution in [0, 0.1) is 5.41 Å². The summed E-state index contributed by atoms with van der Waals surface area (Å²) in [6.07, 6.45) is 5.34. The molecule has 1 N–H and O–H groups in total. The number of ether oxygens (including phenoxy) is 1. The lowest BCUT2D eigenvalue weighted by atomic mass is 9.75. The van der Waals surface area contributed by atoms with E-state index in [0.29, 0.717) is 5.41 Å². The summed E-state index contributed by atoms with van der Waals surface area (Å²) in [6, 6.07) is 0. The van der Waals surface area contributed by atoms with Crippen molar-refractivity contribution in [3.05, 3.63) is 0 Å². The van der Waals surface area contributed by atoms with Crippen LogP contribution < -0.4 is 5.32 Å². The Morgan fingerprint density at radius 1 is 1.24 bits per heavy atom. The lowest BCUT2D eigenvalue weighted by Gasteiger charge is -2.40. The first-order chi connectivity index (χ1) is 8.22. The Labute approximate surface area is 107 Å². The van der Waals surface area contributed by atoms with E-state index in [-0.39, 0.29) is 0 Å². The molecule has 0 spiro atoms. The Hall–Kier alpha value is -0.120. The van der Waals surface area contributed by atoms with Gasteiger partial charge in [-0.2, -0.15) is 0 Å². The van der Waals surface area contributed by atoms with Gasteiger partial charge in [0.2, 0.25) is 0 Å². The summed E-state index contributed by atoms with van der Waals surface area (Å²) >= 11 is 0. The molecule has 0 aromatic rings. The van der Waals surface area contributed by atoms with Crippen LogP contribution in [-0.4, -0.2) is 51.3 Å². The normalized spacial score (nSPS) is 19.8. The predicted molar refractivity (Wildman–Crippen MR) is 73.4 cm³/mol. The molecule has 1 aliphatic heterocycles. The second-order valence-electron chi connectivity index (χ2n) is 5.43. The molecule has 1 fully saturated rings. The van der Waals surface area contributed by atoms with Gasteiger partial charge in [-0.1, -0.05) is 13.3 Å². The number of hydrogen-bond acceptors (Lipinski definition) is 3. The summed E-state index contributed by atoms with van der Waals surface area (Å²) < 4.78 is 5.43. The van der Waals surface area contributed by atoms with Gasteiger partial charge in [0.25, 0.3) is 0 Å². The van der Waals surface area contributed by atoms with E-state index in [0.717, 1.165) is 19.8 Å². The second kappa shape index (κ2) is 8.06. The van der Waals surface area contributed by atoms with Crippen molar-refractivity contribution in [1.29, 1.82) is 0 Å². The molecule has 0 radical (unpaired) electrons.